The third kappa shape index (κ3) is 6.76. The van der Waals surface area contributed by atoms with Crippen LogP contribution in [0, 0.1) is 0 Å². The molecule has 0 aliphatic heterocycles. The van der Waals surface area contributed by atoms with Crippen LogP contribution in [0.15, 0.2) is 24.3 Å². The van der Waals surface area contributed by atoms with Crippen LogP contribution in [0.2, 0.25) is 0 Å². The number of ether oxygens (including phenoxy) is 2. The summed E-state index contributed by atoms with van der Waals surface area (Å²) in [6, 6.07) is 5.66. The van der Waals surface area contributed by atoms with Crippen molar-refractivity contribution in [1.82, 2.24) is 5.32 Å². The zero-order chi connectivity index (χ0) is 17.3. The van der Waals surface area contributed by atoms with E-state index >= 15 is 0 Å². The fourth-order valence-corrected chi connectivity index (χ4v) is 1.87. The highest BCUT2D eigenvalue weighted by Gasteiger charge is 2.15. The number of hydrogen-bond acceptors (Lipinski definition) is 3. The van der Waals surface area contributed by atoms with Crippen molar-refractivity contribution in [2.75, 3.05) is 13.7 Å². The molecular formula is C19H29NO3. The third-order valence-corrected chi connectivity index (χ3v) is 3.72. The molecule has 0 radical (unpaired) electrons. The lowest BCUT2D eigenvalue weighted by Crippen LogP contribution is -2.41. The highest BCUT2D eigenvalue weighted by molar-refractivity contribution is 5.92. The second kappa shape index (κ2) is 9.23. The van der Waals surface area contributed by atoms with Crippen LogP contribution in [-0.4, -0.2) is 25.2 Å². The van der Waals surface area contributed by atoms with Gasteiger partial charge in [-0.2, -0.15) is 0 Å². The van der Waals surface area contributed by atoms with E-state index in [4.69, 9.17) is 9.47 Å². The summed E-state index contributed by atoms with van der Waals surface area (Å²) in [6.07, 6.45) is 6.30. The van der Waals surface area contributed by atoms with Gasteiger partial charge in [-0.25, -0.2) is 0 Å². The van der Waals surface area contributed by atoms with E-state index in [-0.39, 0.29) is 11.4 Å². The van der Waals surface area contributed by atoms with Gasteiger partial charge in [0.15, 0.2) is 11.5 Å². The number of rotatable bonds is 9. The molecule has 0 bridgehead atoms. The second-order valence-electron chi connectivity index (χ2n) is 6.17. The van der Waals surface area contributed by atoms with Crippen molar-refractivity contribution in [1.29, 1.82) is 0 Å². The molecule has 1 amide bonds. The topological polar surface area (TPSA) is 47.6 Å². The van der Waals surface area contributed by atoms with Crippen molar-refractivity contribution in [3.05, 3.63) is 29.8 Å². The molecule has 0 saturated carbocycles. The monoisotopic (exact) mass is 319 g/mol. The van der Waals surface area contributed by atoms with Gasteiger partial charge in [0.05, 0.1) is 13.7 Å². The summed E-state index contributed by atoms with van der Waals surface area (Å²) in [7, 11) is 1.62. The Labute approximate surface area is 139 Å². The predicted molar refractivity (Wildman–Crippen MR) is 94.9 cm³/mol. The highest BCUT2D eigenvalue weighted by Crippen LogP contribution is 2.28. The number of methoxy groups -OCH3 is 1. The quantitative estimate of drug-likeness (QED) is 0.548. The Hall–Kier alpha value is -1.97. The Kier molecular flexibility index (Phi) is 7.66. The van der Waals surface area contributed by atoms with Gasteiger partial charge in [-0.3, -0.25) is 4.79 Å². The predicted octanol–water partition coefficient (Wildman–Crippen LogP) is 4.19. The highest BCUT2D eigenvalue weighted by atomic mass is 16.5. The van der Waals surface area contributed by atoms with E-state index in [2.05, 4.69) is 12.2 Å². The average Bonchev–Trinajstić information content (AvgIpc) is 2.53. The summed E-state index contributed by atoms with van der Waals surface area (Å²) < 4.78 is 11.1. The summed E-state index contributed by atoms with van der Waals surface area (Å²) in [6.45, 7) is 8.86. The van der Waals surface area contributed by atoms with E-state index in [1.165, 1.54) is 0 Å². The summed E-state index contributed by atoms with van der Waals surface area (Å²) >= 11 is 0. The molecule has 4 nitrogen and oxygen atoms in total. The molecule has 0 aliphatic carbocycles. The van der Waals surface area contributed by atoms with Gasteiger partial charge in [-0.1, -0.05) is 26.3 Å². The number of amides is 1. The first-order chi connectivity index (χ1) is 10.9. The fourth-order valence-electron chi connectivity index (χ4n) is 1.87. The molecule has 0 aromatic heterocycles. The van der Waals surface area contributed by atoms with Crippen molar-refractivity contribution in [2.24, 2.45) is 0 Å². The minimum absolute atomic E-state index is 0.0981. The van der Waals surface area contributed by atoms with Gasteiger partial charge in [0.2, 0.25) is 5.91 Å². The fraction of sp³-hybridized carbons (Fsp3) is 0.526. The lowest BCUT2D eigenvalue weighted by molar-refractivity contribution is -0.117. The van der Waals surface area contributed by atoms with Crippen LogP contribution in [0.1, 0.15) is 52.5 Å². The number of nitrogens with one attached hydrogen (secondary N) is 1. The zero-order valence-corrected chi connectivity index (χ0v) is 14.9. The van der Waals surface area contributed by atoms with Crippen molar-refractivity contribution >= 4 is 12.0 Å². The molecule has 0 atom stereocenters. The van der Waals surface area contributed by atoms with Crippen molar-refractivity contribution in [2.45, 2.75) is 52.5 Å². The van der Waals surface area contributed by atoms with Crippen molar-refractivity contribution < 1.29 is 14.3 Å². The van der Waals surface area contributed by atoms with Crippen molar-refractivity contribution in [3.63, 3.8) is 0 Å². The molecule has 23 heavy (non-hydrogen) atoms. The molecule has 0 heterocycles. The van der Waals surface area contributed by atoms with Crippen LogP contribution < -0.4 is 14.8 Å². The molecule has 0 aliphatic rings. The number of carbonyl (C=O) groups is 1. The minimum atomic E-state index is -0.198. The average molecular weight is 319 g/mol. The van der Waals surface area contributed by atoms with E-state index in [1.807, 2.05) is 39.0 Å². The van der Waals surface area contributed by atoms with Gasteiger partial charge in [-0.05, 0) is 50.5 Å². The first-order valence-corrected chi connectivity index (χ1v) is 8.23. The molecule has 4 heteroatoms. The number of unbranched alkanes of at least 4 members (excludes halogenated alkanes) is 1. The standard InChI is InChI=1S/C19H29NO3/c1-6-8-13-23-16-11-9-15(14-17(16)22-5)10-12-18(21)20-19(3,4)7-2/h9-12,14H,6-8,13H2,1-5H3,(H,20,21)/b12-10+. The number of benzene rings is 1. The maximum atomic E-state index is 11.9. The maximum Gasteiger partial charge on any atom is 0.244 e. The third-order valence-electron chi connectivity index (χ3n) is 3.72. The molecule has 0 fully saturated rings. The lowest BCUT2D eigenvalue weighted by atomic mass is 10.0. The van der Waals surface area contributed by atoms with Gasteiger partial charge >= 0.3 is 0 Å². The normalized spacial score (nSPS) is 11.5. The first kappa shape index (κ1) is 19.1. The Bertz CT molecular complexity index is 535. The molecule has 1 aromatic carbocycles. The van der Waals surface area contributed by atoms with E-state index < -0.39 is 0 Å². The summed E-state index contributed by atoms with van der Waals surface area (Å²) in [4.78, 5) is 11.9. The van der Waals surface area contributed by atoms with Crippen LogP contribution >= 0.6 is 0 Å². The Morgan fingerprint density at radius 2 is 2.00 bits per heavy atom. The van der Waals surface area contributed by atoms with Gasteiger partial charge in [0, 0.05) is 11.6 Å². The van der Waals surface area contributed by atoms with Crippen LogP contribution in [0.5, 0.6) is 11.5 Å². The second-order valence-corrected chi connectivity index (χ2v) is 6.17. The Morgan fingerprint density at radius 1 is 1.26 bits per heavy atom. The molecule has 0 unspecified atom stereocenters. The van der Waals surface area contributed by atoms with E-state index in [0.717, 1.165) is 30.6 Å². The summed E-state index contributed by atoms with van der Waals surface area (Å²) in [5, 5.41) is 2.97. The smallest absolute Gasteiger partial charge is 0.244 e. The Morgan fingerprint density at radius 3 is 2.61 bits per heavy atom. The SMILES string of the molecule is CCCCOc1ccc(/C=C/C(=O)NC(C)(C)CC)cc1OC. The van der Waals surface area contributed by atoms with E-state index in [1.54, 1.807) is 19.3 Å². The minimum Gasteiger partial charge on any atom is -0.493 e. The molecule has 1 rings (SSSR count). The lowest BCUT2D eigenvalue weighted by Gasteiger charge is -2.23. The molecule has 1 N–H and O–H groups in total. The number of hydrogen-bond donors (Lipinski definition) is 1. The number of carbonyl (C=O) groups excluding carboxylic acids is 1. The molecular weight excluding hydrogens is 290 g/mol. The Balaban J connectivity index is 2.74. The first-order valence-electron chi connectivity index (χ1n) is 8.23. The zero-order valence-electron chi connectivity index (χ0n) is 14.9. The molecule has 1 aromatic rings. The maximum absolute atomic E-state index is 11.9. The molecule has 0 saturated heterocycles. The van der Waals surface area contributed by atoms with Gasteiger partial charge < -0.3 is 14.8 Å². The largest absolute Gasteiger partial charge is 0.493 e. The van der Waals surface area contributed by atoms with Crippen LogP contribution in [0.3, 0.4) is 0 Å². The van der Waals surface area contributed by atoms with Gasteiger partial charge in [0.25, 0.3) is 0 Å². The van der Waals surface area contributed by atoms with Gasteiger partial charge in [-0.15, -0.1) is 0 Å². The van der Waals surface area contributed by atoms with Crippen LogP contribution in [0.25, 0.3) is 6.08 Å². The van der Waals surface area contributed by atoms with Crippen LogP contribution in [-0.2, 0) is 4.79 Å². The summed E-state index contributed by atoms with van der Waals surface area (Å²) in [5.41, 5.74) is 0.699. The summed E-state index contributed by atoms with van der Waals surface area (Å²) in [5.74, 6) is 1.31. The van der Waals surface area contributed by atoms with E-state index in [9.17, 15) is 4.79 Å². The molecule has 128 valence electrons. The van der Waals surface area contributed by atoms with E-state index in [0.29, 0.717) is 12.4 Å². The van der Waals surface area contributed by atoms with Crippen molar-refractivity contribution in [3.8, 4) is 11.5 Å². The van der Waals surface area contributed by atoms with Gasteiger partial charge in [0.1, 0.15) is 0 Å². The van der Waals surface area contributed by atoms with Crippen LogP contribution in [0.4, 0.5) is 0 Å². The molecule has 0 spiro atoms.